The van der Waals surface area contributed by atoms with Gasteiger partial charge in [-0.15, -0.1) is 0 Å². The summed E-state index contributed by atoms with van der Waals surface area (Å²) in [5.41, 5.74) is 5.68. The van der Waals surface area contributed by atoms with Gasteiger partial charge in [0.15, 0.2) is 0 Å². The second-order valence-electron chi connectivity index (χ2n) is 5.51. The zero-order chi connectivity index (χ0) is 11.3. The van der Waals surface area contributed by atoms with E-state index in [2.05, 4.69) is 5.32 Å². The van der Waals surface area contributed by atoms with Gasteiger partial charge in [0.2, 0.25) is 5.91 Å². The minimum atomic E-state index is -0.0381. The van der Waals surface area contributed by atoms with Crippen LogP contribution in [0.4, 0.5) is 0 Å². The van der Waals surface area contributed by atoms with Crippen LogP contribution < -0.4 is 11.1 Å². The number of carbonyl (C=O) groups excluding carboxylic acids is 1. The molecule has 0 spiro atoms. The molecular weight excluding hydrogens is 220 g/mol. The molecule has 3 aliphatic rings. The fourth-order valence-corrected chi connectivity index (χ4v) is 3.56. The first-order chi connectivity index (χ1) is 7.68. The standard InChI is InChI=1S/C12H18N2OS/c13-11(16)10(6-4-5-6)14-12(15)9-7-2-1-3-8(7)9/h6-10H,1-5H2,(H2,13,16)(H,14,15). The normalized spacial score (nSPS) is 37.6. The first-order valence-corrected chi connectivity index (χ1v) is 6.69. The van der Waals surface area contributed by atoms with Gasteiger partial charge in [-0.2, -0.15) is 0 Å². The molecule has 0 saturated heterocycles. The molecule has 0 bridgehead atoms. The van der Waals surface area contributed by atoms with Crippen LogP contribution in [0.2, 0.25) is 0 Å². The Morgan fingerprint density at radius 3 is 2.38 bits per heavy atom. The number of rotatable bonds is 4. The van der Waals surface area contributed by atoms with Crippen LogP contribution in [0.1, 0.15) is 32.1 Å². The van der Waals surface area contributed by atoms with Crippen LogP contribution in [-0.2, 0) is 4.79 Å². The van der Waals surface area contributed by atoms with Crippen LogP contribution in [0.3, 0.4) is 0 Å². The first-order valence-electron chi connectivity index (χ1n) is 6.28. The predicted molar refractivity (Wildman–Crippen MR) is 65.8 cm³/mol. The summed E-state index contributed by atoms with van der Waals surface area (Å²) >= 11 is 5.02. The van der Waals surface area contributed by atoms with E-state index in [1.807, 2.05) is 0 Å². The molecule has 3 saturated carbocycles. The predicted octanol–water partition coefficient (Wildman–Crippen LogP) is 1.21. The summed E-state index contributed by atoms with van der Waals surface area (Å²) in [7, 11) is 0. The topological polar surface area (TPSA) is 55.1 Å². The highest BCUT2D eigenvalue weighted by molar-refractivity contribution is 7.80. The average molecular weight is 238 g/mol. The van der Waals surface area contributed by atoms with Crippen molar-refractivity contribution in [1.82, 2.24) is 5.32 Å². The van der Waals surface area contributed by atoms with Crippen molar-refractivity contribution < 1.29 is 4.79 Å². The lowest BCUT2D eigenvalue weighted by molar-refractivity contribution is -0.123. The Balaban J connectivity index is 1.57. The van der Waals surface area contributed by atoms with Crippen molar-refractivity contribution in [3.63, 3.8) is 0 Å². The molecule has 3 atom stereocenters. The van der Waals surface area contributed by atoms with Gasteiger partial charge in [0.05, 0.1) is 11.0 Å². The molecule has 3 fully saturated rings. The monoisotopic (exact) mass is 238 g/mol. The molecule has 3 rings (SSSR count). The molecule has 4 heteroatoms. The fourth-order valence-electron chi connectivity index (χ4n) is 3.31. The lowest BCUT2D eigenvalue weighted by Crippen LogP contribution is -2.46. The van der Waals surface area contributed by atoms with Crippen molar-refractivity contribution in [2.45, 2.75) is 38.1 Å². The summed E-state index contributed by atoms with van der Waals surface area (Å²) in [6.45, 7) is 0. The van der Waals surface area contributed by atoms with Crippen LogP contribution in [-0.4, -0.2) is 16.9 Å². The molecule has 0 aromatic carbocycles. The molecule has 0 aromatic rings. The van der Waals surface area contributed by atoms with E-state index >= 15 is 0 Å². The third kappa shape index (κ3) is 1.73. The number of fused-ring (bicyclic) bond motifs is 1. The molecule has 3 N–H and O–H groups in total. The SMILES string of the molecule is NC(=S)C(NC(=O)C1C2CCCC21)C1CC1. The lowest BCUT2D eigenvalue weighted by Gasteiger charge is -2.17. The molecule has 3 unspecified atom stereocenters. The molecular formula is C12H18N2OS. The highest BCUT2D eigenvalue weighted by atomic mass is 32.1. The number of carbonyl (C=O) groups is 1. The van der Waals surface area contributed by atoms with Gasteiger partial charge in [-0.1, -0.05) is 18.6 Å². The minimum Gasteiger partial charge on any atom is -0.392 e. The van der Waals surface area contributed by atoms with Crippen LogP contribution >= 0.6 is 12.2 Å². The van der Waals surface area contributed by atoms with Gasteiger partial charge in [0.25, 0.3) is 0 Å². The summed E-state index contributed by atoms with van der Waals surface area (Å²) in [4.78, 5) is 12.5. The molecule has 0 aromatic heterocycles. The lowest BCUT2D eigenvalue weighted by atomic mass is 10.1. The van der Waals surface area contributed by atoms with Gasteiger partial charge in [0, 0.05) is 5.92 Å². The van der Waals surface area contributed by atoms with Crippen LogP contribution in [0.5, 0.6) is 0 Å². The van der Waals surface area contributed by atoms with E-state index in [-0.39, 0.29) is 17.9 Å². The Kier molecular flexibility index (Phi) is 2.42. The van der Waals surface area contributed by atoms with E-state index in [1.54, 1.807) is 0 Å². The molecule has 88 valence electrons. The summed E-state index contributed by atoms with van der Waals surface area (Å²) in [5.74, 6) is 2.35. The number of hydrogen-bond acceptors (Lipinski definition) is 2. The van der Waals surface area contributed by atoms with E-state index < -0.39 is 0 Å². The second kappa shape index (κ2) is 3.69. The zero-order valence-electron chi connectivity index (χ0n) is 9.32. The van der Waals surface area contributed by atoms with Crippen LogP contribution in [0.25, 0.3) is 0 Å². The molecule has 0 aliphatic heterocycles. The van der Waals surface area contributed by atoms with Gasteiger partial charge in [-0.25, -0.2) is 0 Å². The maximum absolute atomic E-state index is 12.0. The average Bonchev–Trinajstić information content (AvgIpc) is 3.14. The highest BCUT2D eigenvalue weighted by Crippen LogP contribution is 2.57. The third-order valence-electron chi connectivity index (χ3n) is 4.41. The molecule has 3 aliphatic carbocycles. The van der Waals surface area contributed by atoms with Gasteiger partial charge in [0.1, 0.15) is 0 Å². The number of thiocarbonyl (C=S) groups is 1. The largest absolute Gasteiger partial charge is 0.392 e. The van der Waals surface area contributed by atoms with Crippen molar-refractivity contribution in [2.24, 2.45) is 29.4 Å². The maximum atomic E-state index is 12.0. The van der Waals surface area contributed by atoms with Crippen molar-refractivity contribution >= 4 is 23.1 Å². The Morgan fingerprint density at radius 1 is 1.25 bits per heavy atom. The molecule has 1 amide bonds. The number of hydrogen-bond donors (Lipinski definition) is 2. The first kappa shape index (κ1) is 10.5. The van der Waals surface area contributed by atoms with E-state index in [4.69, 9.17) is 18.0 Å². The molecule has 0 radical (unpaired) electrons. The Bertz CT molecular complexity index is 330. The molecule has 3 nitrogen and oxygen atoms in total. The van der Waals surface area contributed by atoms with Crippen LogP contribution in [0, 0.1) is 23.7 Å². The van der Waals surface area contributed by atoms with Crippen molar-refractivity contribution in [1.29, 1.82) is 0 Å². The number of nitrogens with one attached hydrogen (secondary N) is 1. The number of amides is 1. The summed E-state index contributed by atoms with van der Waals surface area (Å²) < 4.78 is 0. The van der Waals surface area contributed by atoms with E-state index in [1.165, 1.54) is 19.3 Å². The maximum Gasteiger partial charge on any atom is 0.224 e. The van der Waals surface area contributed by atoms with Gasteiger partial charge >= 0.3 is 0 Å². The Hall–Kier alpha value is -0.640. The minimum absolute atomic E-state index is 0.0381. The Morgan fingerprint density at radius 2 is 1.88 bits per heavy atom. The van der Waals surface area contributed by atoms with Gasteiger partial charge in [-0.3, -0.25) is 4.79 Å². The summed E-state index contributed by atoms with van der Waals surface area (Å²) in [5, 5.41) is 3.06. The van der Waals surface area contributed by atoms with E-state index in [9.17, 15) is 4.79 Å². The second-order valence-corrected chi connectivity index (χ2v) is 5.98. The zero-order valence-corrected chi connectivity index (χ0v) is 10.1. The summed E-state index contributed by atoms with van der Waals surface area (Å²) in [6, 6.07) is -0.0381. The quantitative estimate of drug-likeness (QED) is 0.724. The highest BCUT2D eigenvalue weighted by Gasteiger charge is 2.57. The smallest absolute Gasteiger partial charge is 0.224 e. The third-order valence-corrected chi connectivity index (χ3v) is 4.66. The fraction of sp³-hybridized carbons (Fsp3) is 0.833. The van der Waals surface area contributed by atoms with E-state index in [0.717, 1.165) is 12.8 Å². The summed E-state index contributed by atoms with van der Waals surface area (Å²) in [6.07, 6.45) is 6.09. The van der Waals surface area contributed by atoms with Crippen molar-refractivity contribution in [3.05, 3.63) is 0 Å². The van der Waals surface area contributed by atoms with Crippen LogP contribution in [0.15, 0.2) is 0 Å². The molecule has 0 heterocycles. The van der Waals surface area contributed by atoms with Gasteiger partial charge < -0.3 is 11.1 Å². The molecule has 16 heavy (non-hydrogen) atoms. The van der Waals surface area contributed by atoms with E-state index in [0.29, 0.717) is 22.7 Å². The Labute approximate surface area is 101 Å². The van der Waals surface area contributed by atoms with Gasteiger partial charge in [-0.05, 0) is 43.4 Å². The number of nitrogens with two attached hydrogens (primary N) is 1. The van der Waals surface area contributed by atoms with Crippen molar-refractivity contribution in [3.8, 4) is 0 Å². The van der Waals surface area contributed by atoms with Crippen molar-refractivity contribution in [2.75, 3.05) is 0 Å².